The van der Waals surface area contributed by atoms with Gasteiger partial charge in [0.1, 0.15) is 5.75 Å². The molecule has 1 aliphatic rings. The molecule has 2 amide bonds. The number of benzene rings is 3. The third-order valence-electron chi connectivity index (χ3n) is 4.92. The number of fused-ring (bicyclic) bond motifs is 1. The summed E-state index contributed by atoms with van der Waals surface area (Å²) in [5.41, 5.74) is 1.54. The fraction of sp³-hybridized carbons (Fsp3) is 0.217. The zero-order chi connectivity index (χ0) is 19.5. The van der Waals surface area contributed by atoms with E-state index in [0.29, 0.717) is 17.9 Å². The third kappa shape index (κ3) is 3.83. The normalized spacial score (nSPS) is 14.9. The van der Waals surface area contributed by atoms with Crippen LogP contribution in [0.15, 0.2) is 66.7 Å². The number of rotatable bonds is 5. The Morgan fingerprint density at radius 2 is 1.79 bits per heavy atom. The van der Waals surface area contributed by atoms with Crippen LogP contribution in [0.3, 0.4) is 0 Å². The number of hydrogen-bond donors (Lipinski definition) is 1. The van der Waals surface area contributed by atoms with E-state index in [-0.39, 0.29) is 11.8 Å². The lowest BCUT2D eigenvalue weighted by Gasteiger charge is -2.17. The Labute approximate surface area is 163 Å². The lowest BCUT2D eigenvalue weighted by Crippen LogP contribution is -2.30. The quantitative estimate of drug-likeness (QED) is 0.721. The monoisotopic (exact) mass is 374 g/mol. The molecular formula is C23H22N2O3. The summed E-state index contributed by atoms with van der Waals surface area (Å²) < 4.78 is 5.81. The smallest absolute Gasteiger partial charge is 0.265 e. The number of hydrogen-bond acceptors (Lipinski definition) is 3. The van der Waals surface area contributed by atoms with Gasteiger partial charge in [0.25, 0.3) is 5.91 Å². The summed E-state index contributed by atoms with van der Waals surface area (Å²) in [6.07, 6.45) is 0.851. The molecule has 0 radical (unpaired) electrons. The lowest BCUT2D eigenvalue weighted by molar-refractivity contribution is -0.122. The van der Waals surface area contributed by atoms with E-state index in [1.54, 1.807) is 11.8 Å². The number of anilines is 2. The molecule has 1 saturated heterocycles. The molecule has 28 heavy (non-hydrogen) atoms. The molecule has 0 bridgehead atoms. The van der Waals surface area contributed by atoms with Gasteiger partial charge in [-0.2, -0.15) is 0 Å². The summed E-state index contributed by atoms with van der Waals surface area (Å²) in [4.78, 5) is 26.1. The molecule has 3 aromatic carbocycles. The van der Waals surface area contributed by atoms with E-state index in [2.05, 4.69) is 5.32 Å². The molecule has 1 aliphatic heterocycles. The minimum absolute atomic E-state index is 0.147. The van der Waals surface area contributed by atoms with Crippen molar-refractivity contribution in [1.82, 2.24) is 0 Å². The van der Waals surface area contributed by atoms with Gasteiger partial charge in [0.2, 0.25) is 5.91 Å². The van der Waals surface area contributed by atoms with Crippen molar-refractivity contribution in [3.05, 3.63) is 66.7 Å². The van der Waals surface area contributed by atoms with Gasteiger partial charge in [0, 0.05) is 24.3 Å². The average molecular weight is 374 g/mol. The van der Waals surface area contributed by atoms with Crippen molar-refractivity contribution in [2.45, 2.75) is 25.9 Å². The molecule has 1 atom stereocenters. The molecular weight excluding hydrogens is 352 g/mol. The van der Waals surface area contributed by atoms with Crippen LogP contribution in [0.5, 0.6) is 5.75 Å². The molecule has 4 rings (SSSR count). The molecule has 0 spiro atoms. The first-order valence-electron chi connectivity index (χ1n) is 9.47. The predicted molar refractivity (Wildman–Crippen MR) is 111 cm³/mol. The zero-order valence-electron chi connectivity index (χ0n) is 15.7. The van der Waals surface area contributed by atoms with Crippen LogP contribution < -0.4 is 15.0 Å². The van der Waals surface area contributed by atoms with E-state index in [0.717, 1.165) is 29.4 Å². The summed E-state index contributed by atoms with van der Waals surface area (Å²) >= 11 is 0. The van der Waals surface area contributed by atoms with Gasteiger partial charge >= 0.3 is 0 Å². The summed E-state index contributed by atoms with van der Waals surface area (Å²) in [6, 6.07) is 21.1. The summed E-state index contributed by atoms with van der Waals surface area (Å²) in [6.45, 7) is 2.48. The van der Waals surface area contributed by atoms with Crippen molar-refractivity contribution >= 4 is 34.0 Å². The molecule has 5 heteroatoms. The highest BCUT2D eigenvalue weighted by molar-refractivity contribution is 5.97. The molecule has 0 unspecified atom stereocenters. The highest BCUT2D eigenvalue weighted by Crippen LogP contribution is 2.24. The summed E-state index contributed by atoms with van der Waals surface area (Å²) in [7, 11) is 0. The minimum atomic E-state index is -0.638. The molecule has 3 aromatic rings. The van der Waals surface area contributed by atoms with Gasteiger partial charge in [-0.25, -0.2) is 0 Å². The van der Waals surface area contributed by atoms with Gasteiger partial charge in [-0.1, -0.05) is 30.3 Å². The largest absolute Gasteiger partial charge is 0.481 e. The Hall–Kier alpha value is -3.34. The van der Waals surface area contributed by atoms with Crippen LogP contribution in [0.4, 0.5) is 11.4 Å². The standard InChI is InChI=1S/C23H22N2O3/c1-16(28-21-13-8-17-5-2-3-6-18(17)15-21)23(27)24-19-9-11-20(12-10-19)25-14-4-7-22(25)26/h2-3,5-6,8-13,15-16H,4,7,14H2,1H3,(H,24,27)/t16-/m1/s1. The number of amides is 2. The zero-order valence-corrected chi connectivity index (χ0v) is 15.7. The van der Waals surface area contributed by atoms with Crippen molar-refractivity contribution < 1.29 is 14.3 Å². The first kappa shape index (κ1) is 18.0. The van der Waals surface area contributed by atoms with Crippen LogP contribution in [-0.2, 0) is 9.59 Å². The first-order valence-corrected chi connectivity index (χ1v) is 9.47. The van der Waals surface area contributed by atoms with Gasteiger partial charge in [-0.3, -0.25) is 9.59 Å². The van der Waals surface area contributed by atoms with E-state index in [1.807, 2.05) is 66.7 Å². The third-order valence-corrected chi connectivity index (χ3v) is 4.92. The maximum atomic E-state index is 12.5. The number of carbonyl (C=O) groups is 2. The second-order valence-corrected chi connectivity index (χ2v) is 6.95. The van der Waals surface area contributed by atoms with Gasteiger partial charge < -0.3 is 15.0 Å². The highest BCUT2D eigenvalue weighted by atomic mass is 16.5. The van der Waals surface area contributed by atoms with Crippen LogP contribution in [0.2, 0.25) is 0 Å². The number of ether oxygens (including phenoxy) is 1. The van der Waals surface area contributed by atoms with E-state index >= 15 is 0 Å². The Morgan fingerprint density at radius 1 is 1.04 bits per heavy atom. The second-order valence-electron chi connectivity index (χ2n) is 6.95. The first-order chi connectivity index (χ1) is 13.6. The van der Waals surface area contributed by atoms with Gasteiger partial charge in [0.15, 0.2) is 6.10 Å². The Morgan fingerprint density at radius 3 is 2.50 bits per heavy atom. The van der Waals surface area contributed by atoms with E-state index in [4.69, 9.17) is 4.74 Å². The number of nitrogens with zero attached hydrogens (tertiary/aromatic N) is 1. The van der Waals surface area contributed by atoms with Crippen molar-refractivity contribution in [3.63, 3.8) is 0 Å². The number of carbonyl (C=O) groups excluding carboxylic acids is 2. The molecule has 1 heterocycles. The maximum absolute atomic E-state index is 12.5. The molecule has 142 valence electrons. The Balaban J connectivity index is 1.39. The van der Waals surface area contributed by atoms with Crippen LogP contribution in [0.1, 0.15) is 19.8 Å². The van der Waals surface area contributed by atoms with E-state index < -0.39 is 6.10 Å². The molecule has 0 aliphatic carbocycles. The van der Waals surface area contributed by atoms with Crippen LogP contribution in [0, 0.1) is 0 Å². The number of nitrogens with one attached hydrogen (secondary N) is 1. The van der Waals surface area contributed by atoms with Gasteiger partial charge in [0.05, 0.1) is 0 Å². The summed E-state index contributed by atoms with van der Waals surface area (Å²) in [5, 5.41) is 5.06. The second kappa shape index (κ2) is 7.72. The minimum Gasteiger partial charge on any atom is -0.481 e. The van der Waals surface area contributed by atoms with E-state index in [9.17, 15) is 9.59 Å². The Kier molecular flexibility index (Phi) is 4.98. The SMILES string of the molecule is C[C@@H](Oc1ccc2ccccc2c1)C(=O)Nc1ccc(N2CCCC2=O)cc1. The topological polar surface area (TPSA) is 58.6 Å². The highest BCUT2D eigenvalue weighted by Gasteiger charge is 2.21. The van der Waals surface area contributed by atoms with E-state index in [1.165, 1.54) is 0 Å². The molecule has 0 saturated carbocycles. The molecule has 5 nitrogen and oxygen atoms in total. The van der Waals surface area contributed by atoms with Crippen molar-refractivity contribution in [2.75, 3.05) is 16.8 Å². The summed E-state index contributed by atoms with van der Waals surface area (Å²) in [5.74, 6) is 0.580. The van der Waals surface area contributed by atoms with Gasteiger partial charge in [-0.15, -0.1) is 0 Å². The maximum Gasteiger partial charge on any atom is 0.265 e. The molecule has 1 fully saturated rings. The van der Waals surface area contributed by atoms with Crippen LogP contribution in [-0.4, -0.2) is 24.5 Å². The van der Waals surface area contributed by atoms with Crippen LogP contribution in [0.25, 0.3) is 10.8 Å². The van der Waals surface area contributed by atoms with Crippen molar-refractivity contribution in [3.8, 4) is 5.75 Å². The fourth-order valence-corrected chi connectivity index (χ4v) is 3.39. The Bertz CT molecular complexity index is 1010. The average Bonchev–Trinajstić information content (AvgIpc) is 3.14. The van der Waals surface area contributed by atoms with Crippen LogP contribution >= 0.6 is 0 Å². The molecule has 0 aromatic heterocycles. The van der Waals surface area contributed by atoms with Gasteiger partial charge in [-0.05, 0) is 60.5 Å². The molecule has 1 N–H and O–H groups in total. The fourth-order valence-electron chi connectivity index (χ4n) is 3.39. The van der Waals surface area contributed by atoms with Crippen molar-refractivity contribution in [2.24, 2.45) is 0 Å². The lowest BCUT2D eigenvalue weighted by atomic mass is 10.1. The predicted octanol–water partition coefficient (Wildman–Crippen LogP) is 4.37. The van der Waals surface area contributed by atoms with Crippen molar-refractivity contribution in [1.29, 1.82) is 0 Å².